The first-order valence-electron chi connectivity index (χ1n) is 8.70. The summed E-state index contributed by atoms with van der Waals surface area (Å²) >= 11 is 0. The van der Waals surface area contributed by atoms with Crippen LogP contribution in [0.5, 0.6) is 0 Å². The van der Waals surface area contributed by atoms with Crippen LogP contribution in [0.25, 0.3) is 0 Å². The molecule has 2 aromatic rings. The lowest BCUT2D eigenvalue weighted by atomic mass is 10.0. The number of halogens is 2. The maximum Gasteiger partial charge on any atom is 0.356 e. The summed E-state index contributed by atoms with van der Waals surface area (Å²) in [7, 11) is 0. The number of benzene rings is 1. The third kappa shape index (κ3) is 4.37. The first-order valence-corrected chi connectivity index (χ1v) is 8.70. The molecular formula is C18H22F2N4O2. The molecule has 6 nitrogen and oxygen atoms in total. The molecule has 140 valence electrons. The number of likely N-dealkylation sites (tertiary alicyclic amines) is 1. The molecule has 8 heteroatoms. The summed E-state index contributed by atoms with van der Waals surface area (Å²) in [4.78, 5) is 14.1. The minimum Gasteiger partial charge on any atom is -0.461 e. The van der Waals surface area contributed by atoms with Gasteiger partial charge in [0.05, 0.1) is 12.8 Å². The van der Waals surface area contributed by atoms with Crippen molar-refractivity contribution in [3.05, 3.63) is 47.3 Å². The second-order valence-corrected chi connectivity index (χ2v) is 6.34. The zero-order valence-corrected chi connectivity index (χ0v) is 14.6. The summed E-state index contributed by atoms with van der Waals surface area (Å²) in [6, 6.07) is 3.94. The van der Waals surface area contributed by atoms with E-state index in [1.165, 1.54) is 12.1 Å². The Morgan fingerprint density at radius 2 is 2.27 bits per heavy atom. The molecule has 2 heterocycles. The molecule has 1 aliphatic rings. The first kappa shape index (κ1) is 18.3. The highest BCUT2D eigenvalue weighted by atomic mass is 19.2. The second-order valence-electron chi connectivity index (χ2n) is 6.34. The van der Waals surface area contributed by atoms with Gasteiger partial charge in [0.2, 0.25) is 0 Å². The molecule has 0 bridgehead atoms. The monoisotopic (exact) mass is 364 g/mol. The number of carbonyl (C=O) groups is 1. The highest BCUT2D eigenvalue weighted by Crippen LogP contribution is 2.20. The van der Waals surface area contributed by atoms with Crippen LogP contribution in [0, 0.1) is 11.6 Å². The number of nitrogens with one attached hydrogen (secondary N) is 2. The van der Waals surface area contributed by atoms with Gasteiger partial charge in [0.1, 0.15) is 5.69 Å². The van der Waals surface area contributed by atoms with Crippen molar-refractivity contribution in [2.24, 2.45) is 0 Å². The van der Waals surface area contributed by atoms with Gasteiger partial charge in [-0.15, -0.1) is 0 Å². The average Bonchev–Trinajstić information content (AvgIpc) is 3.07. The molecule has 1 aromatic heterocycles. The summed E-state index contributed by atoms with van der Waals surface area (Å²) in [6.07, 6.45) is 3.54. The van der Waals surface area contributed by atoms with Gasteiger partial charge in [-0.05, 0) is 38.4 Å². The van der Waals surface area contributed by atoms with Gasteiger partial charge < -0.3 is 10.1 Å². The zero-order chi connectivity index (χ0) is 18.5. The van der Waals surface area contributed by atoms with Crippen LogP contribution >= 0.6 is 0 Å². The molecule has 3 rings (SSSR count). The van der Waals surface area contributed by atoms with Crippen molar-refractivity contribution in [2.75, 3.05) is 25.0 Å². The third-order valence-electron chi connectivity index (χ3n) is 4.39. The van der Waals surface area contributed by atoms with Crippen molar-refractivity contribution >= 4 is 11.7 Å². The molecule has 1 atom stereocenters. The van der Waals surface area contributed by atoms with Gasteiger partial charge in [0.15, 0.2) is 11.6 Å². The fourth-order valence-electron chi connectivity index (χ4n) is 3.19. The molecule has 0 amide bonds. The van der Waals surface area contributed by atoms with Gasteiger partial charge in [-0.25, -0.2) is 13.6 Å². The highest BCUT2D eigenvalue weighted by molar-refractivity contribution is 5.88. The molecule has 26 heavy (non-hydrogen) atoms. The Kier molecular flexibility index (Phi) is 5.82. The number of rotatable bonds is 6. The number of hydrogen-bond acceptors (Lipinski definition) is 5. The summed E-state index contributed by atoms with van der Waals surface area (Å²) in [5.74, 6) is -2.12. The van der Waals surface area contributed by atoms with Crippen LogP contribution in [-0.4, -0.2) is 46.8 Å². The lowest BCUT2D eigenvalue weighted by Crippen LogP contribution is -2.41. The fourth-order valence-corrected chi connectivity index (χ4v) is 3.19. The minimum absolute atomic E-state index is 0.117. The maximum absolute atomic E-state index is 13.4. The lowest BCUT2D eigenvalue weighted by molar-refractivity contribution is 0.0516. The molecule has 2 N–H and O–H groups in total. The molecule has 1 fully saturated rings. The van der Waals surface area contributed by atoms with E-state index in [9.17, 15) is 13.6 Å². The van der Waals surface area contributed by atoms with E-state index in [1.807, 2.05) is 0 Å². The largest absolute Gasteiger partial charge is 0.461 e. The van der Waals surface area contributed by atoms with Crippen LogP contribution in [0.15, 0.2) is 24.4 Å². The molecule has 1 saturated heterocycles. The van der Waals surface area contributed by atoms with E-state index in [0.29, 0.717) is 24.5 Å². The Morgan fingerprint density at radius 3 is 3.04 bits per heavy atom. The molecule has 0 spiro atoms. The van der Waals surface area contributed by atoms with Crippen LogP contribution in [0.3, 0.4) is 0 Å². The Labute approximate surface area is 150 Å². The van der Waals surface area contributed by atoms with Crippen molar-refractivity contribution in [3.8, 4) is 0 Å². The molecule has 0 aliphatic carbocycles. The summed E-state index contributed by atoms with van der Waals surface area (Å²) in [6.45, 7) is 4.25. The number of esters is 1. The summed E-state index contributed by atoms with van der Waals surface area (Å²) in [5.41, 5.74) is 1.73. The number of piperidine rings is 1. The molecule has 0 radical (unpaired) electrons. The van der Waals surface area contributed by atoms with Crippen LogP contribution in [-0.2, 0) is 11.3 Å². The Balaban J connectivity index is 1.61. The number of H-pyrrole nitrogens is 1. The number of carbonyl (C=O) groups excluding carboxylic acids is 1. The van der Waals surface area contributed by atoms with Crippen LogP contribution in [0.1, 0.15) is 35.8 Å². The van der Waals surface area contributed by atoms with Gasteiger partial charge in [-0.2, -0.15) is 5.10 Å². The summed E-state index contributed by atoms with van der Waals surface area (Å²) in [5, 5.41) is 9.90. The molecular weight excluding hydrogens is 342 g/mol. The number of aromatic nitrogens is 2. The fraction of sp³-hybridized carbons (Fsp3) is 0.444. The van der Waals surface area contributed by atoms with Crippen molar-refractivity contribution < 1.29 is 18.3 Å². The van der Waals surface area contributed by atoms with E-state index in [4.69, 9.17) is 4.74 Å². The van der Waals surface area contributed by atoms with Crippen LogP contribution in [0.2, 0.25) is 0 Å². The SMILES string of the molecule is CCOC(=O)c1[nH]ncc1CN1CCCC(Nc2ccc(F)c(F)c2)C1. The van der Waals surface area contributed by atoms with E-state index in [1.54, 1.807) is 13.1 Å². The molecule has 1 aliphatic heterocycles. The van der Waals surface area contributed by atoms with Gasteiger partial charge >= 0.3 is 5.97 Å². The lowest BCUT2D eigenvalue weighted by Gasteiger charge is -2.33. The maximum atomic E-state index is 13.4. The molecule has 1 aromatic carbocycles. The Bertz CT molecular complexity index is 765. The van der Waals surface area contributed by atoms with Crippen molar-refractivity contribution in [3.63, 3.8) is 0 Å². The first-order chi connectivity index (χ1) is 12.6. The number of hydrogen-bond donors (Lipinski definition) is 2. The van der Waals surface area contributed by atoms with Crippen LogP contribution in [0.4, 0.5) is 14.5 Å². The smallest absolute Gasteiger partial charge is 0.356 e. The molecule has 0 saturated carbocycles. The quantitative estimate of drug-likeness (QED) is 0.772. The van der Waals surface area contributed by atoms with Crippen LogP contribution < -0.4 is 5.32 Å². The van der Waals surface area contributed by atoms with Crippen molar-refractivity contribution in [1.82, 2.24) is 15.1 Å². The predicted octanol–water partition coefficient (Wildman–Crippen LogP) is 2.94. The van der Waals surface area contributed by atoms with Gasteiger partial charge in [0, 0.05) is 36.4 Å². The zero-order valence-electron chi connectivity index (χ0n) is 14.6. The van der Waals surface area contributed by atoms with E-state index < -0.39 is 17.6 Å². The topological polar surface area (TPSA) is 70.2 Å². The summed E-state index contributed by atoms with van der Waals surface area (Å²) < 4.78 is 31.4. The minimum atomic E-state index is -0.861. The van der Waals surface area contributed by atoms with E-state index in [-0.39, 0.29) is 6.04 Å². The number of nitrogens with zero attached hydrogens (tertiary/aromatic N) is 2. The number of aromatic amines is 1. The number of anilines is 1. The predicted molar refractivity (Wildman–Crippen MR) is 92.8 cm³/mol. The van der Waals surface area contributed by atoms with Gasteiger partial charge in [-0.1, -0.05) is 0 Å². The Morgan fingerprint density at radius 1 is 1.42 bits per heavy atom. The van der Waals surface area contributed by atoms with Gasteiger partial charge in [-0.3, -0.25) is 10.00 Å². The standard InChI is InChI=1S/C18H22F2N4O2/c1-2-26-18(25)17-12(9-21-23-17)10-24-7-3-4-14(11-24)22-13-5-6-15(19)16(20)8-13/h5-6,8-9,14,22H,2-4,7,10-11H2,1H3,(H,21,23). The Hall–Kier alpha value is -2.48. The van der Waals surface area contributed by atoms with Crippen molar-refractivity contribution in [2.45, 2.75) is 32.4 Å². The second kappa shape index (κ2) is 8.27. The van der Waals surface area contributed by atoms with Gasteiger partial charge in [0.25, 0.3) is 0 Å². The normalized spacial score (nSPS) is 17.9. The number of ether oxygens (including phenoxy) is 1. The molecule has 1 unspecified atom stereocenters. The van der Waals surface area contributed by atoms with Crippen molar-refractivity contribution in [1.29, 1.82) is 0 Å². The highest BCUT2D eigenvalue weighted by Gasteiger charge is 2.23. The van der Waals surface area contributed by atoms with E-state index >= 15 is 0 Å². The third-order valence-corrected chi connectivity index (χ3v) is 4.39. The average molecular weight is 364 g/mol. The van der Waals surface area contributed by atoms with E-state index in [2.05, 4.69) is 20.4 Å². The van der Waals surface area contributed by atoms with E-state index in [0.717, 1.165) is 37.6 Å².